The number of hydrogen-bond donors (Lipinski definition) is 1. The number of hydrogen-bond acceptors (Lipinski definition) is 6. The Morgan fingerprint density at radius 3 is 2.67 bits per heavy atom. The number of rotatable bonds is 6. The van der Waals surface area contributed by atoms with E-state index in [0.717, 1.165) is 0 Å². The summed E-state index contributed by atoms with van der Waals surface area (Å²) < 4.78 is 10.3. The third-order valence-corrected chi connectivity index (χ3v) is 4.83. The number of fused-ring (bicyclic) bond motifs is 1. The van der Waals surface area contributed by atoms with Gasteiger partial charge in [0.2, 0.25) is 0 Å². The number of esters is 1. The van der Waals surface area contributed by atoms with Crippen LogP contribution < -0.4 is 15.0 Å². The summed E-state index contributed by atoms with van der Waals surface area (Å²) in [5.41, 5.74) is 2.98. The van der Waals surface area contributed by atoms with Gasteiger partial charge in [0.25, 0.3) is 5.91 Å². The summed E-state index contributed by atoms with van der Waals surface area (Å²) in [6.07, 6.45) is 1.13. The van der Waals surface area contributed by atoms with E-state index >= 15 is 0 Å². The Kier molecular flexibility index (Phi) is 5.34. The molecule has 7 heteroatoms. The quantitative estimate of drug-likeness (QED) is 0.626. The molecule has 1 aliphatic rings. The van der Waals surface area contributed by atoms with Crippen LogP contribution in [0.4, 0.5) is 11.4 Å². The summed E-state index contributed by atoms with van der Waals surface area (Å²) in [6, 6.07) is 17.8. The van der Waals surface area contributed by atoms with Crippen molar-refractivity contribution >= 4 is 23.3 Å². The second-order valence-corrected chi connectivity index (χ2v) is 6.66. The van der Waals surface area contributed by atoms with Crippen LogP contribution in [0.3, 0.4) is 0 Å². The first-order chi connectivity index (χ1) is 14.6. The van der Waals surface area contributed by atoms with Crippen molar-refractivity contribution in [2.45, 2.75) is 13.1 Å². The summed E-state index contributed by atoms with van der Waals surface area (Å²) in [4.78, 5) is 31.3. The summed E-state index contributed by atoms with van der Waals surface area (Å²) >= 11 is 0. The van der Waals surface area contributed by atoms with Crippen LogP contribution in [0.25, 0.3) is 0 Å². The molecule has 3 aromatic rings. The fourth-order valence-electron chi connectivity index (χ4n) is 3.44. The van der Waals surface area contributed by atoms with E-state index < -0.39 is 12.1 Å². The molecular weight excluding hydrogens is 382 g/mol. The number of nitrogens with one attached hydrogen (secondary N) is 1. The topological polar surface area (TPSA) is 80.8 Å². The standard InChI is InChI=1S/C23H21N3O4/c1-3-30-23(28)15-6-4-7-16(14-15)25-21-20-19(8-5-13-24-20)22(27)26(21)17-9-11-18(29-2)12-10-17/h4-14,21,25H,3H2,1-2H3/t21-/m0/s1. The molecule has 30 heavy (non-hydrogen) atoms. The van der Waals surface area contributed by atoms with Gasteiger partial charge in [-0.1, -0.05) is 6.07 Å². The zero-order valence-electron chi connectivity index (χ0n) is 16.7. The molecule has 0 radical (unpaired) electrons. The molecule has 2 aromatic carbocycles. The van der Waals surface area contributed by atoms with Gasteiger partial charge in [-0.2, -0.15) is 0 Å². The maximum absolute atomic E-state index is 13.2. The lowest BCUT2D eigenvalue weighted by Crippen LogP contribution is -2.32. The summed E-state index contributed by atoms with van der Waals surface area (Å²) in [6.45, 7) is 2.07. The Morgan fingerprint density at radius 2 is 1.93 bits per heavy atom. The predicted octanol–water partition coefficient (Wildman–Crippen LogP) is 4.04. The van der Waals surface area contributed by atoms with E-state index in [0.29, 0.717) is 40.6 Å². The van der Waals surface area contributed by atoms with E-state index in [2.05, 4.69) is 10.3 Å². The van der Waals surface area contributed by atoms with Gasteiger partial charge in [0.15, 0.2) is 6.17 Å². The highest BCUT2D eigenvalue weighted by atomic mass is 16.5. The normalized spacial score (nSPS) is 14.9. The number of amides is 1. The van der Waals surface area contributed by atoms with E-state index in [1.54, 1.807) is 67.6 Å². The van der Waals surface area contributed by atoms with Crippen molar-refractivity contribution in [3.8, 4) is 5.75 Å². The lowest BCUT2D eigenvalue weighted by Gasteiger charge is -2.26. The fraction of sp³-hybridized carbons (Fsp3) is 0.174. The monoisotopic (exact) mass is 403 g/mol. The van der Waals surface area contributed by atoms with Crippen molar-refractivity contribution in [2.75, 3.05) is 23.9 Å². The summed E-state index contributed by atoms with van der Waals surface area (Å²) in [5.74, 6) is 0.157. The minimum atomic E-state index is -0.528. The van der Waals surface area contributed by atoms with Crippen LogP contribution in [0.15, 0.2) is 66.9 Å². The molecule has 0 saturated heterocycles. The molecule has 1 aromatic heterocycles. The average molecular weight is 403 g/mol. The number of carbonyl (C=O) groups is 2. The van der Waals surface area contributed by atoms with E-state index in [1.807, 2.05) is 18.2 Å². The van der Waals surface area contributed by atoms with Gasteiger partial charge in [0.1, 0.15) is 5.75 Å². The van der Waals surface area contributed by atoms with Crippen molar-refractivity contribution < 1.29 is 19.1 Å². The number of pyridine rings is 1. The van der Waals surface area contributed by atoms with Gasteiger partial charge in [-0.05, 0) is 61.5 Å². The van der Waals surface area contributed by atoms with Crippen molar-refractivity contribution in [3.05, 3.63) is 83.7 Å². The molecule has 2 heterocycles. The molecule has 1 N–H and O–H groups in total. The highest BCUT2D eigenvalue weighted by Crippen LogP contribution is 2.37. The number of nitrogens with zero attached hydrogens (tertiary/aromatic N) is 2. The number of aromatic nitrogens is 1. The van der Waals surface area contributed by atoms with E-state index in [-0.39, 0.29) is 5.91 Å². The number of anilines is 2. The van der Waals surface area contributed by atoms with Crippen molar-refractivity contribution in [1.29, 1.82) is 0 Å². The molecule has 0 fully saturated rings. The smallest absolute Gasteiger partial charge is 0.338 e. The number of methoxy groups -OCH3 is 1. The maximum atomic E-state index is 13.2. The highest BCUT2D eigenvalue weighted by Gasteiger charge is 2.39. The van der Waals surface area contributed by atoms with Gasteiger partial charge < -0.3 is 14.8 Å². The first-order valence-corrected chi connectivity index (χ1v) is 9.58. The van der Waals surface area contributed by atoms with Crippen LogP contribution >= 0.6 is 0 Å². The maximum Gasteiger partial charge on any atom is 0.338 e. The van der Waals surface area contributed by atoms with E-state index in [1.165, 1.54) is 0 Å². The summed E-state index contributed by atoms with van der Waals surface area (Å²) in [7, 11) is 1.59. The Balaban J connectivity index is 1.70. The van der Waals surface area contributed by atoms with Gasteiger partial charge in [0.05, 0.1) is 30.5 Å². The SMILES string of the molecule is CCOC(=O)c1cccc(N[C@@H]2c3ncccc3C(=O)N2c2ccc(OC)cc2)c1. The van der Waals surface area contributed by atoms with E-state index in [9.17, 15) is 9.59 Å². The van der Waals surface area contributed by atoms with Crippen LogP contribution in [0.5, 0.6) is 5.75 Å². The molecule has 1 atom stereocenters. The molecule has 0 saturated carbocycles. The zero-order chi connectivity index (χ0) is 21.1. The highest BCUT2D eigenvalue weighted by molar-refractivity contribution is 6.11. The van der Waals surface area contributed by atoms with Gasteiger partial charge in [0, 0.05) is 17.6 Å². The average Bonchev–Trinajstić information content (AvgIpc) is 3.06. The first kappa shape index (κ1) is 19.4. The minimum Gasteiger partial charge on any atom is -0.497 e. The molecule has 7 nitrogen and oxygen atoms in total. The predicted molar refractivity (Wildman–Crippen MR) is 113 cm³/mol. The Hall–Kier alpha value is -3.87. The molecule has 4 rings (SSSR count). The minimum absolute atomic E-state index is 0.151. The van der Waals surface area contributed by atoms with Crippen LogP contribution in [0, 0.1) is 0 Å². The third-order valence-electron chi connectivity index (χ3n) is 4.83. The van der Waals surface area contributed by atoms with Crippen molar-refractivity contribution in [1.82, 2.24) is 4.98 Å². The second kappa shape index (κ2) is 8.24. The Labute approximate surface area is 174 Å². The van der Waals surface area contributed by atoms with E-state index in [4.69, 9.17) is 9.47 Å². The fourth-order valence-corrected chi connectivity index (χ4v) is 3.44. The Bertz CT molecular complexity index is 1080. The first-order valence-electron chi connectivity index (χ1n) is 9.58. The molecule has 0 aliphatic carbocycles. The lowest BCUT2D eigenvalue weighted by atomic mass is 10.1. The van der Waals surface area contributed by atoms with Crippen LogP contribution in [0.1, 0.15) is 39.5 Å². The molecule has 0 bridgehead atoms. The van der Waals surface area contributed by atoms with Gasteiger partial charge >= 0.3 is 5.97 Å². The molecule has 0 unspecified atom stereocenters. The third kappa shape index (κ3) is 3.57. The van der Waals surface area contributed by atoms with Crippen molar-refractivity contribution in [3.63, 3.8) is 0 Å². The van der Waals surface area contributed by atoms with Crippen LogP contribution in [-0.4, -0.2) is 30.6 Å². The van der Waals surface area contributed by atoms with Gasteiger partial charge in [-0.3, -0.25) is 14.7 Å². The van der Waals surface area contributed by atoms with Crippen LogP contribution in [-0.2, 0) is 4.74 Å². The molecule has 0 spiro atoms. The Morgan fingerprint density at radius 1 is 1.13 bits per heavy atom. The van der Waals surface area contributed by atoms with Crippen LogP contribution in [0.2, 0.25) is 0 Å². The van der Waals surface area contributed by atoms with Gasteiger partial charge in [-0.15, -0.1) is 0 Å². The molecule has 152 valence electrons. The number of carbonyl (C=O) groups excluding carboxylic acids is 2. The number of benzene rings is 2. The summed E-state index contributed by atoms with van der Waals surface area (Å²) in [5, 5.41) is 3.35. The van der Waals surface area contributed by atoms with Gasteiger partial charge in [-0.25, -0.2) is 4.79 Å². The largest absolute Gasteiger partial charge is 0.497 e. The molecule has 1 aliphatic heterocycles. The molecule has 1 amide bonds. The zero-order valence-corrected chi connectivity index (χ0v) is 16.7. The lowest BCUT2D eigenvalue weighted by molar-refractivity contribution is 0.0526. The van der Waals surface area contributed by atoms with Crippen molar-refractivity contribution in [2.24, 2.45) is 0 Å². The molecular formula is C23H21N3O4. The number of ether oxygens (including phenoxy) is 2. The second-order valence-electron chi connectivity index (χ2n) is 6.66.